The number of halogens is 6. The van der Waals surface area contributed by atoms with E-state index in [0.29, 0.717) is 12.1 Å². The van der Waals surface area contributed by atoms with E-state index in [1.165, 1.54) is 19.2 Å². The molecule has 2 aromatic carbocycles. The van der Waals surface area contributed by atoms with Crippen molar-refractivity contribution in [3.63, 3.8) is 0 Å². The summed E-state index contributed by atoms with van der Waals surface area (Å²) in [6, 6.07) is 5.90. The van der Waals surface area contributed by atoms with Crippen molar-refractivity contribution < 1.29 is 31.1 Å². The summed E-state index contributed by atoms with van der Waals surface area (Å²) in [4.78, 5) is 12.0. The summed E-state index contributed by atoms with van der Waals surface area (Å²) < 4.78 is 82.4. The van der Waals surface area contributed by atoms with Crippen molar-refractivity contribution >= 4 is 11.6 Å². The zero-order chi connectivity index (χ0) is 20.6. The molecule has 0 aliphatic heterocycles. The van der Waals surface area contributed by atoms with Gasteiger partial charge in [-0.1, -0.05) is 12.1 Å². The largest absolute Gasteiger partial charge is 0.435 e. The zero-order valence-corrected chi connectivity index (χ0v) is 14.1. The second-order valence-electron chi connectivity index (χ2n) is 5.81. The molecule has 1 N–H and O–H groups in total. The lowest BCUT2D eigenvalue weighted by Gasteiger charge is -2.11. The first-order valence-electron chi connectivity index (χ1n) is 7.74. The van der Waals surface area contributed by atoms with Gasteiger partial charge in [0.25, 0.3) is 5.91 Å². The number of amides is 1. The Kier molecular flexibility index (Phi) is 4.88. The Morgan fingerprint density at radius 3 is 2.32 bits per heavy atom. The van der Waals surface area contributed by atoms with Crippen LogP contribution in [0.3, 0.4) is 0 Å². The van der Waals surface area contributed by atoms with Crippen LogP contribution in [-0.2, 0) is 13.2 Å². The van der Waals surface area contributed by atoms with Gasteiger partial charge in [0.05, 0.1) is 11.3 Å². The molecule has 0 radical (unpaired) electrons. The summed E-state index contributed by atoms with van der Waals surface area (Å²) in [6.45, 7) is 0. The van der Waals surface area contributed by atoms with E-state index < -0.39 is 57.6 Å². The molecule has 28 heavy (non-hydrogen) atoms. The van der Waals surface area contributed by atoms with Gasteiger partial charge in [-0.15, -0.1) is 0 Å². The molecule has 0 saturated carbocycles. The van der Waals surface area contributed by atoms with Crippen molar-refractivity contribution in [3.8, 4) is 11.1 Å². The number of anilines is 1. The second kappa shape index (κ2) is 7.02. The minimum absolute atomic E-state index is 0.405. The van der Waals surface area contributed by atoms with Crippen molar-refractivity contribution in [1.29, 1.82) is 0 Å². The summed E-state index contributed by atoms with van der Waals surface area (Å²) in [6.07, 6.45) is -3.98. The minimum atomic E-state index is -4.88. The molecule has 0 atom stereocenters. The average molecular weight is 399 g/mol. The van der Waals surface area contributed by atoms with Crippen LogP contribution in [0.25, 0.3) is 11.1 Å². The Bertz CT molecular complexity index is 1060. The molecule has 1 amide bonds. The summed E-state index contributed by atoms with van der Waals surface area (Å²) in [5, 5.41) is 5.24. The number of nitrogens with zero attached hydrogens (tertiary/aromatic N) is 2. The molecule has 0 aliphatic carbocycles. The molecular weight excluding hydrogens is 388 g/mol. The molecule has 1 aromatic heterocycles. The molecule has 0 saturated heterocycles. The molecule has 0 bridgehead atoms. The van der Waals surface area contributed by atoms with Crippen LogP contribution in [0.2, 0.25) is 0 Å². The van der Waals surface area contributed by atoms with Gasteiger partial charge in [0.15, 0.2) is 5.69 Å². The maximum Gasteiger partial charge on any atom is 0.435 e. The number of carbonyl (C=O) groups is 1. The lowest BCUT2D eigenvalue weighted by Crippen LogP contribution is -2.15. The number of nitrogens with one attached hydrogen (secondary N) is 1. The molecule has 0 unspecified atom stereocenters. The number of hydrogen-bond acceptors (Lipinski definition) is 2. The summed E-state index contributed by atoms with van der Waals surface area (Å²) in [5.74, 6) is -4.33. The van der Waals surface area contributed by atoms with E-state index in [9.17, 15) is 31.1 Å². The van der Waals surface area contributed by atoms with Gasteiger partial charge in [-0.3, -0.25) is 9.48 Å². The normalized spacial score (nSPS) is 11.5. The Morgan fingerprint density at radius 1 is 1.00 bits per heavy atom. The van der Waals surface area contributed by atoms with Crippen LogP contribution in [0.1, 0.15) is 16.1 Å². The topological polar surface area (TPSA) is 46.9 Å². The number of aryl methyl sites for hydroxylation is 1. The van der Waals surface area contributed by atoms with Crippen LogP contribution in [-0.4, -0.2) is 15.7 Å². The quantitative estimate of drug-likeness (QED) is 0.645. The highest BCUT2D eigenvalue weighted by atomic mass is 19.4. The van der Waals surface area contributed by atoms with Crippen molar-refractivity contribution in [2.45, 2.75) is 6.18 Å². The Balaban J connectivity index is 1.99. The van der Waals surface area contributed by atoms with Gasteiger partial charge >= 0.3 is 6.18 Å². The van der Waals surface area contributed by atoms with E-state index in [1.54, 1.807) is 0 Å². The minimum Gasteiger partial charge on any atom is -0.319 e. The van der Waals surface area contributed by atoms with Crippen LogP contribution in [0, 0.1) is 17.5 Å². The number of aromatic nitrogens is 2. The summed E-state index contributed by atoms with van der Waals surface area (Å²) >= 11 is 0. The van der Waals surface area contributed by atoms with Crippen LogP contribution in [0.15, 0.2) is 42.6 Å². The van der Waals surface area contributed by atoms with E-state index >= 15 is 0 Å². The van der Waals surface area contributed by atoms with Gasteiger partial charge in [0.2, 0.25) is 0 Å². The smallest absolute Gasteiger partial charge is 0.319 e. The highest BCUT2D eigenvalue weighted by molar-refractivity contribution is 6.04. The highest BCUT2D eigenvalue weighted by Gasteiger charge is 2.38. The number of hydrogen-bond donors (Lipinski definition) is 1. The van der Waals surface area contributed by atoms with Crippen LogP contribution >= 0.6 is 0 Å². The van der Waals surface area contributed by atoms with Gasteiger partial charge in [-0.05, 0) is 18.2 Å². The molecular formula is C18H11F6N3O. The molecule has 146 valence electrons. The van der Waals surface area contributed by atoms with E-state index in [4.69, 9.17) is 0 Å². The number of rotatable bonds is 3. The Hall–Kier alpha value is -3.30. The molecule has 0 spiro atoms. The third kappa shape index (κ3) is 3.71. The van der Waals surface area contributed by atoms with Gasteiger partial charge in [0.1, 0.15) is 17.5 Å². The van der Waals surface area contributed by atoms with Crippen LogP contribution in [0.4, 0.5) is 32.0 Å². The predicted octanol–water partition coefficient (Wildman–Crippen LogP) is 4.78. The summed E-state index contributed by atoms with van der Waals surface area (Å²) in [5.41, 5.74) is -3.76. The highest BCUT2D eigenvalue weighted by Crippen LogP contribution is 2.38. The number of carbonyl (C=O) groups excluding carboxylic acids is 1. The Labute approximate surface area is 154 Å². The molecule has 3 aromatic rings. The standard InChI is InChI=1S/C18H11F6N3O/c1-27-8-11(16(26-27)18(22,23)24)10-6-14(21)15(7-13(10)20)25-17(28)9-4-2-3-5-12(9)19/h2-8H,1H3,(H,25,28). The average Bonchev–Trinajstić information content (AvgIpc) is 3.00. The molecule has 4 nitrogen and oxygen atoms in total. The monoisotopic (exact) mass is 399 g/mol. The lowest BCUT2D eigenvalue weighted by atomic mass is 10.0. The first-order chi connectivity index (χ1) is 13.1. The molecule has 0 aliphatic rings. The third-order valence-electron chi connectivity index (χ3n) is 3.81. The lowest BCUT2D eigenvalue weighted by molar-refractivity contribution is -0.141. The van der Waals surface area contributed by atoms with E-state index in [0.717, 1.165) is 23.0 Å². The van der Waals surface area contributed by atoms with Crippen LogP contribution in [0.5, 0.6) is 0 Å². The second-order valence-corrected chi connectivity index (χ2v) is 5.81. The summed E-state index contributed by atoms with van der Waals surface area (Å²) in [7, 11) is 1.20. The SMILES string of the molecule is Cn1cc(-c2cc(F)c(NC(=O)c3ccccc3F)cc2F)c(C(F)(F)F)n1. The first kappa shape index (κ1) is 19.5. The fourth-order valence-corrected chi connectivity index (χ4v) is 2.58. The first-order valence-corrected chi connectivity index (χ1v) is 7.74. The van der Waals surface area contributed by atoms with Crippen molar-refractivity contribution in [2.24, 2.45) is 7.05 Å². The maximum atomic E-state index is 14.4. The van der Waals surface area contributed by atoms with Gasteiger partial charge < -0.3 is 5.32 Å². The Morgan fingerprint density at radius 2 is 1.68 bits per heavy atom. The molecule has 3 rings (SSSR count). The fraction of sp³-hybridized carbons (Fsp3) is 0.111. The fourth-order valence-electron chi connectivity index (χ4n) is 2.58. The van der Waals surface area contributed by atoms with E-state index in [2.05, 4.69) is 5.10 Å². The number of alkyl halides is 3. The zero-order valence-electron chi connectivity index (χ0n) is 14.1. The molecule has 10 heteroatoms. The van der Waals surface area contributed by atoms with Gasteiger partial charge in [0, 0.05) is 30.4 Å². The van der Waals surface area contributed by atoms with Crippen molar-refractivity contribution in [2.75, 3.05) is 5.32 Å². The maximum absolute atomic E-state index is 14.4. The van der Waals surface area contributed by atoms with E-state index in [1.807, 2.05) is 5.32 Å². The van der Waals surface area contributed by atoms with Gasteiger partial charge in [-0.2, -0.15) is 18.3 Å². The van der Waals surface area contributed by atoms with Gasteiger partial charge in [-0.25, -0.2) is 13.2 Å². The van der Waals surface area contributed by atoms with Crippen LogP contribution < -0.4 is 5.32 Å². The van der Waals surface area contributed by atoms with Crippen molar-refractivity contribution in [1.82, 2.24) is 9.78 Å². The number of benzene rings is 2. The molecule has 0 fully saturated rings. The van der Waals surface area contributed by atoms with Crippen molar-refractivity contribution in [3.05, 3.63) is 71.3 Å². The molecule has 1 heterocycles. The predicted molar refractivity (Wildman–Crippen MR) is 87.9 cm³/mol. The third-order valence-corrected chi connectivity index (χ3v) is 3.81. The van der Waals surface area contributed by atoms with E-state index in [-0.39, 0.29) is 0 Å².